The molecule has 5 aliphatic rings. The Morgan fingerprint density at radius 1 is 0.604 bits per heavy atom. The second-order valence-corrected chi connectivity index (χ2v) is 31.4. The number of amides is 12. The van der Waals surface area contributed by atoms with E-state index in [1.54, 1.807) is 13.8 Å². The summed E-state index contributed by atoms with van der Waals surface area (Å²) in [6.07, 6.45) is 0.947. The summed E-state index contributed by atoms with van der Waals surface area (Å²) in [5, 5.41) is 10.6. The number of nitrogens with one attached hydrogen (secondary N) is 4. The third-order valence-electron chi connectivity index (χ3n) is 22.8. The number of hydrogen-bond acceptors (Lipinski definition) is 13. The van der Waals surface area contributed by atoms with E-state index in [0.29, 0.717) is 38.3 Å². The van der Waals surface area contributed by atoms with E-state index in [1.165, 1.54) is 116 Å². The molecule has 0 aromatic carbocycles. The van der Waals surface area contributed by atoms with Crippen molar-refractivity contribution >= 4 is 82.5 Å². The zero-order chi connectivity index (χ0) is 76.0. The summed E-state index contributed by atoms with van der Waals surface area (Å²) >= 11 is 6.42. The molecule has 0 bridgehead atoms. The lowest BCUT2D eigenvalue weighted by Gasteiger charge is -2.45. The van der Waals surface area contributed by atoms with Crippen LogP contribution in [0.2, 0.25) is 0 Å². The third kappa shape index (κ3) is 22.1. The second-order valence-electron chi connectivity index (χ2n) is 30.9. The van der Waals surface area contributed by atoms with Gasteiger partial charge in [-0.1, -0.05) is 87.0 Å². The predicted octanol–water partition coefficient (Wildman–Crippen LogP) is 5.10. The predicted molar refractivity (Wildman–Crippen MR) is 378 cm³/mol. The van der Waals surface area contributed by atoms with Crippen LogP contribution in [0.1, 0.15) is 178 Å². The van der Waals surface area contributed by atoms with Gasteiger partial charge >= 0.3 is 6.18 Å². The van der Waals surface area contributed by atoms with Gasteiger partial charge in [0.15, 0.2) is 0 Å². The second kappa shape index (κ2) is 37.9. The first-order chi connectivity index (χ1) is 47.2. The van der Waals surface area contributed by atoms with Crippen molar-refractivity contribution < 1.29 is 70.7 Å². The smallest absolute Gasteiger partial charge is 0.347 e. The van der Waals surface area contributed by atoms with Crippen LogP contribution in [0, 0.1) is 47.3 Å². The fraction of sp³-hybridized carbons (Fsp3) is 0.833. The van der Waals surface area contributed by atoms with E-state index in [2.05, 4.69) is 28.2 Å². The van der Waals surface area contributed by atoms with Crippen LogP contribution in [-0.4, -0.2) is 277 Å². The molecule has 0 radical (unpaired) electrons. The van der Waals surface area contributed by atoms with Crippen LogP contribution in [0.5, 0.6) is 0 Å². The Kier molecular flexibility index (Phi) is 32.0. The molecule has 0 spiro atoms. The van der Waals surface area contributed by atoms with Gasteiger partial charge in [0.25, 0.3) is 0 Å². The zero-order valence-corrected chi connectivity index (χ0v) is 64.2. The molecule has 29 heteroatoms. The first-order valence-electron chi connectivity index (χ1n) is 36.9. The molecule has 5 fully saturated rings. The Morgan fingerprint density at radius 2 is 1.20 bits per heavy atom. The third-order valence-corrected chi connectivity index (χ3v) is 23.3. The number of carbonyl (C=O) groups is 12. The largest absolute Gasteiger partial charge is 0.393 e. The van der Waals surface area contributed by atoms with Gasteiger partial charge in [0.1, 0.15) is 60.4 Å². The van der Waals surface area contributed by atoms with E-state index in [-0.39, 0.29) is 88.0 Å². The molecule has 5 rings (SSSR count). The average molecular weight is 1450 g/mol. The van der Waals surface area contributed by atoms with Crippen LogP contribution >= 0.6 is 11.6 Å². The lowest BCUT2D eigenvalue weighted by molar-refractivity contribution is -0.182. The van der Waals surface area contributed by atoms with Gasteiger partial charge in [-0.15, -0.1) is 11.6 Å². The summed E-state index contributed by atoms with van der Waals surface area (Å²) in [4.78, 5) is 190. The van der Waals surface area contributed by atoms with Crippen molar-refractivity contribution in [1.82, 2.24) is 65.4 Å². The minimum absolute atomic E-state index is 0.00892. The normalized spacial score (nSPS) is 32.0. The standard InChI is InChI=1S/C72H121ClF3N13O12/c1-19-43(6)60-70(100)83(13)46(9)65(95)89-33-31-53(89)69(99)86(16)56(36-48-25-23-42(5)24-26-48)68(98)82(12)40-58(90)79-52(30-28-47-27-29-50(51(73)35-47)72(74,75)76)66(96)85(15)55(37-49-22-21-32-77-39-49)62(92)78-45(8)64(94)88(18)61(44(7)20-2)71(101)87(17)57(67(97)81(10)11)38-59(91)84(14)54(34-41(3)4)63(93)80-60/h41-57,60-61,77H,19-40H2,1-18H3,(H,78,92)(H,79,90)(H,80,93)/t42?,43-,44-,45-,46-,47?,48?,49?,50?,51?,52-,53-,54-,55-,56-,57-,60-,61-/m0/s1. The van der Waals surface area contributed by atoms with Crippen LogP contribution in [0.4, 0.5) is 13.2 Å². The van der Waals surface area contributed by atoms with Gasteiger partial charge in [-0.3, -0.25) is 57.5 Å². The summed E-state index contributed by atoms with van der Waals surface area (Å²) in [6.45, 7) is 16.7. The quantitative estimate of drug-likeness (QED) is 0.165. The van der Waals surface area contributed by atoms with Gasteiger partial charge in [-0.25, -0.2) is 0 Å². The van der Waals surface area contributed by atoms with Crippen molar-refractivity contribution in [1.29, 1.82) is 0 Å². The highest BCUT2D eigenvalue weighted by molar-refractivity contribution is 6.21. The van der Waals surface area contributed by atoms with E-state index in [9.17, 15) is 51.5 Å². The van der Waals surface area contributed by atoms with Crippen LogP contribution < -0.4 is 21.3 Å². The molecule has 4 unspecified atom stereocenters. The lowest BCUT2D eigenvalue weighted by atomic mass is 9.78. The van der Waals surface area contributed by atoms with Crippen molar-refractivity contribution in [2.45, 2.75) is 250 Å². The monoisotopic (exact) mass is 1450 g/mol. The van der Waals surface area contributed by atoms with Crippen LogP contribution in [0.3, 0.4) is 0 Å². The van der Waals surface area contributed by atoms with E-state index >= 15 is 19.2 Å². The van der Waals surface area contributed by atoms with Gasteiger partial charge in [0.05, 0.1) is 18.9 Å². The summed E-state index contributed by atoms with van der Waals surface area (Å²) in [7, 11) is 12.8. The Balaban J connectivity index is 1.63. The molecule has 25 nitrogen and oxygen atoms in total. The first-order valence-corrected chi connectivity index (χ1v) is 37.3. The van der Waals surface area contributed by atoms with Gasteiger partial charge in [0.2, 0.25) is 70.9 Å². The number of fused-ring (bicyclic) bond motifs is 1. The number of likely N-dealkylation sites (N-methyl/N-ethyl adjacent to an activating group) is 8. The summed E-state index contributed by atoms with van der Waals surface area (Å²) < 4.78 is 42.2. The summed E-state index contributed by atoms with van der Waals surface area (Å²) in [6, 6.07) is -12.5. The maximum Gasteiger partial charge on any atom is 0.393 e. The molecule has 3 heterocycles. The van der Waals surface area contributed by atoms with Crippen LogP contribution in [0.25, 0.3) is 0 Å². The highest BCUT2D eigenvalue weighted by Crippen LogP contribution is 2.44. The van der Waals surface area contributed by atoms with E-state index in [0.717, 1.165) is 37.0 Å². The minimum Gasteiger partial charge on any atom is -0.347 e. The average Bonchev–Trinajstić information content (AvgIpc) is 0.783. The Morgan fingerprint density at radius 3 is 1.74 bits per heavy atom. The maximum absolute atomic E-state index is 15.4. The zero-order valence-electron chi connectivity index (χ0n) is 63.5. The number of alkyl halides is 4. The van der Waals surface area contributed by atoms with Crippen LogP contribution in [-0.2, 0) is 57.5 Å². The summed E-state index contributed by atoms with van der Waals surface area (Å²) in [5.74, 6) is -11.1. The molecule has 12 amide bonds. The van der Waals surface area contributed by atoms with E-state index in [1.807, 2.05) is 27.7 Å². The lowest BCUT2D eigenvalue weighted by Crippen LogP contribution is -2.65. The Hall–Kier alpha value is -6.32. The van der Waals surface area contributed by atoms with E-state index < -0.39 is 174 Å². The molecular weight excluding hydrogens is 1330 g/mol. The van der Waals surface area contributed by atoms with Gasteiger partial charge in [0, 0.05) is 75.4 Å². The minimum atomic E-state index is -4.52. The number of piperidine rings is 1. The van der Waals surface area contributed by atoms with Crippen molar-refractivity contribution in [3.63, 3.8) is 0 Å². The Labute approximate surface area is 602 Å². The highest BCUT2D eigenvalue weighted by atomic mass is 35.5. The molecule has 574 valence electrons. The molecule has 101 heavy (non-hydrogen) atoms. The number of rotatable bonds is 14. The molecule has 3 aliphatic heterocycles. The molecule has 16 atom stereocenters. The fourth-order valence-corrected chi connectivity index (χ4v) is 15.7. The molecular formula is C72H121ClF3N13O12. The molecule has 2 aliphatic carbocycles. The molecule has 0 aromatic rings. The number of nitrogens with zero attached hydrogens (tertiary/aromatic N) is 9. The van der Waals surface area contributed by atoms with Gasteiger partial charge in [-0.05, 0) is 139 Å². The Bertz CT molecular complexity index is 2900. The molecule has 3 saturated heterocycles. The highest BCUT2D eigenvalue weighted by Gasteiger charge is 2.49. The van der Waals surface area contributed by atoms with Crippen molar-refractivity contribution in [2.24, 2.45) is 47.3 Å². The molecule has 2 saturated carbocycles. The number of carbonyl (C=O) groups excluding carboxylic acids is 12. The maximum atomic E-state index is 15.4. The fourth-order valence-electron chi connectivity index (χ4n) is 15.2. The number of halogens is 4. The molecule has 0 aromatic heterocycles. The van der Waals surface area contributed by atoms with Crippen molar-refractivity contribution in [3.05, 3.63) is 0 Å². The van der Waals surface area contributed by atoms with Crippen molar-refractivity contribution in [3.8, 4) is 0 Å². The topological polar surface area (TPSA) is 282 Å². The van der Waals surface area contributed by atoms with Gasteiger partial charge in [-0.2, -0.15) is 13.2 Å². The van der Waals surface area contributed by atoms with Gasteiger partial charge < -0.3 is 65.4 Å². The molecule has 4 N–H and O–H groups in total. The first kappa shape index (κ1) is 85.3. The van der Waals surface area contributed by atoms with E-state index in [4.69, 9.17) is 11.6 Å². The van der Waals surface area contributed by atoms with Crippen molar-refractivity contribution in [2.75, 3.05) is 89.6 Å². The SMILES string of the molecule is CC[C@H](C)[C@@H]1NC(=O)[C@H](CC(C)C)N(C)C(=O)C[C@@H](C(=O)N(C)C)N(C)C(=O)[C@H]([C@@H](C)CC)N(C)C(=O)[C@H](C)NC(=O)[C@H](CC2CCCNC2)N(C)C(=O)[C@H](CCC2CCC(C(F)(F)F)C(Cl)C2)NC(=O)CN(C)C(=O)[C@H](CC2CCC(C)CC2)N(C)C(=O)[C@@H]2CCN2C(=O)[C@H](C)N(C)C1=O. The number of hydrogen-bond donors (Lipinski definition) is 4. The van der Waals surface area contributed by atoms with Crippen LogP contribution in [0.15, 0.2) is 0 Å². The summed E-state index contributed by atoms with van der Waals surface area (Å²) in [5.41, 5.74) is 0.